The highest BCUT2D eigenvalue weighted by Crippen LogP contribution is 2.32. The van der Waals surface area contributed by atoms with Crippen LogP contribution < -0.4 is 0 Å². The molecule has 0 bridgehead atoms. The second kappa shape index (κ2) is 5.06. The monoisotopic (exact) mass is 312 g/mol. The van der Waals surface area contributed by atoms with Crippen LogP contribution in [0.1, 0.15) is 0 Å². The van der Waals surface area contributed by atoms with Crippen LogP contribution in [0.3, 0.4) is 0 Å². The lowest BCUT2D eigenvalue weighted by Gasteiger charge is -2.00. The van der Waals surface area contributed by atoms with Gasteiger partial charge in [0.2, 0.25) is 0 Å². The minimum atomic E-state index is 0.817. The smallest absolute Gasteiger partial charge is 0.137 e. The van der Waals surface area contributed by atoms with Crippen molar-refractivity contribution in [1.29, 1.82) is 0 Å². The van der Waals surface area contributed by atoms with Gasteiger partial charge in [-0.2, -0.15) is 0 Å². The van der Waals surface area contributed by atoms with E-state index in [-0.39, 0.29) is 0 Å². The van der Waals surface area contributed by atoms with Crippen molar-refractivity contribution in [3.05, 3.63) is 73.3 Å². The quantitative estimate of drug-likeness (QED) is 0.443. The number of benzene rings is 1. The average molecular weight is 312 g/mol. The molecule has 0 unspecified atom stereocenters. The molecule has 5 aromatic rings. The van der Waals surface area contributed by atoms with Crippen LogP contribution in [0.5, 0.6) is 0 Å². The molecule has 4 aromatic heterocycles. The first-order valence-electron chi connectivity index (χ1n) is 7.65. The molecule has 0 aliphatic carbocycles. The zero-order chi connectivity index (χ0) is 15.9. The summed E-state index contributed by atoms with van der Waals surface area (Å²) < 4.78 is 11.8. The van der Waals surface area contributed by atoms with Gasteiger partial charge in [0, 0.05) is 46.7 Å². The van der Waals surface area contributed by atoms with E-state index in [4.69, 9.17) is 8.83 Å². The molecule has 0 saturated heterocycles. The van der Waals surface area contributed by atoms with Gasteiger partial charge in [-0.15, -0.1) is 0 Å². The summed E-state index contributed by atoms with van der Waals surface area (Å²) >= 11 is 0. The Bertz CT molecular complexity index is 1020. The summed E-state index contributed by atoms with van der Waals surface area (Å²) in [5, 5.41) is 1.99. The van der Waals surface area contributed by atoms with Gasteiger partial charge in [0.1, 0.15) is 22.7 Å². The molecular weight excluding hydrogens is 300 g/mol. The Hall–Kier alpha value is -3.40. The van der Waals surface area contributed by atoms with Gasteiger partial charge in [0.25, 0.3) is 0 Å². The summed E-state index contributed by atoms with van der Waals surface area (Å²) in [7, 11) is 0. The van der Waals surface area contributed by atoms with E-state index in [1.165, 1.54) is 0 Å². The number of rotatable bonds is 2. The molecule has 0 saturated carbocycles. The van der Waals surface area contributed by atoms with Crippen molar-refractivity contribution in [3.8, 4) is 22.6 Å². The minimum Gasteiger partial charge on any atom is -0.456 e. The second-order valence-electron chi connectivity index (χ2n) is 5.63. The van der Waals surface area contributed by atoms with E-state index in [9.17, 15) is 0 Å². The fourth-order valence-electron chi connectivity index (χ4n) is 2.88. The molecule has 0 aliphatic rings. The molecule has 114 valence electrons. The maximum Gasteiger partial charge on any atom is 0.137 e. The Morgan fingerprint density at radius 3 is 1.67 bits per heavy atom. The molecule has 4 heteroatoms. The van der Waals surface area contributed by atoms with Crippen molar-refractivity contribution < 1.29 is 8.83 Å². The maximum atomic E-state index is 5.92. The molecule has 5 rings (SSSR count). The van der Waals surface area contributed by atoms with E-state index >= 15 is 0 Å². The van der Waals surface area contributed by atoms with Crippen molar-refractivity contribution in [2.24, 2.45) is 0 Å². The number of hydrogen-bond acceptors (Lipinski definition) is 4. The summed E-state index contributed by atoms with van der Waals surface area (Å²) in [4.78, 5) is 8.26. The maximum absolute atomic E-state index is 5.92. The summed E-state index contributed by atoms with van der Waals surface area (Å²) in [5.41, 5.74) is 3.67. The topological polar surface area (TPSA) is 52.1 Å². The molecule has 0 radical (unpaired) electrons. The first-order chi connectivity index (χ1) is 11.9. The Kier molecular flexibility index (Phi) is 2.76. The first kappa shape index (κ1) is 13.1. The molecular formula is C20H12N2O2. The zero-order valence-electron chi connectivity index (χ0n) is 12.6. The van der Waals surface area contributed by atoms with Crippen molar-refractivity contribution in [2.75, 3.05) is 0 Å². The number of nitrogens with zero attached hydrogens (tertiary/aromatic N) is 2. The van der Waals surface area contributed by atoms with Crippen molar-refractivity contribution in [3.63, 3.8) is 0 Å². The van der Waals surface area contributed by atoms with Gasteiger partial charge in [0.15, 0.2) is 0 Å². The number of aromatic nitrogens is 2. The third kappa shape index (κ3) is 2.08. The van der Waals surface area contributed by atoms with Gasteiger partial charge in [-0.05, 0) is 30.3 Å². The highest BCUT2D eigenvalue weighted by molar-refractivity contribution is 5.84. The van der Waals surface area contributed by atoms with Crippen molar-refractivity contribution in [2.45, 2.75) is 0 Å². The third-order valence-electron chi connectivity index (χ3n) is 4.06. The number of hydrogen-bond donors (Lipinski definition) is 0. The predicted octanol–water partition coefficient (Wildman–Crippen LogP) is 5.30. The zero-order valence-corrected chi connectivity index (χ0v) is 12.6. The van der Waals surface area contributed by atoms with Crippen LogP contribution in [0.25, 0.3) is 44.6 Å². The largest absolute Gasteiger partial charge is 0.456 e. The molecule has 4 heterocycles. The van der Waals surface area contributed by atoms with Crippen LogP contribution >= 0.6 is 0 Å². The molecule has 4 nitrogen and oxygen atoms in total. The Morgan fingerprint density at radius 1 is 0.625 bits per heavy atom. The van der Waals surface area contributed by atoms with Crippen LogP contribution in [0.15, 0.2) is 82.2 Å². The van der Waals surface area contributed by atoms with Gasteiger partial charge in [-0.25, -0.2) is 0 Å². The molecule has 0 N–H and O–H groups in total. The lowest BCUT2D eigenvalue weighted by Crippen LogP contribution is -1.77. The molecule has 1 aromatic carbocycles. The second-order valence-corrected chi connectivity index (χ2v) is 5.63. The Morgan fingerprint density at radius 2 is 1.17 bits per heavy atom. The Labute approximate surface area is 137 Å². The van der Waals surface area contributed by atoms with Crippen molar-refractivity contribution in [1.82, 2.24) is 9.97 Å². The third-order valence-corrected chi connectivity index (χ3v) is 4.06. The molecule has 0 fully saturated rings. The van der Waals surface area contributed by atoms with E-state index < -0.39 is 0 Å². The molecule has 0 atom stereocenters. The van der Waals surface area contributed by atoms with E-state index in [0.29, 0.717) is 0 Å². The normalized spacial score (nSPS) is 11.3. The van der Waals surface area contributed by atoms with E-state index in [1.807, 2.05) is 42.5 Å². The van der Waals surface area contributed by atoms with Gasteiger partial charge in [-0.1, -0.05) is 18.2 Å². The summed E-state index contributed by atoms with van der Waals surface area (Å²) in [5.74, 6) is 1.63. The van der Waals surface area contributed by atoms with Crippen LogP contribution in [-0.4, -0.2) is 9.97 Å². The molecule has 0 spiro atoms. The minimum absolute atomic E-state index is 0.817. The standard InChI is InChI=1S/C20H12N2O2/c1-2-13(19-9-15-11-21-6-4-17(15)23-19)8-14(3-1)20-10-16-12-22-7-5-18(16)24-20/h1-12H. The fourth-order valence-corrected chi connectivity index (χ4v) is 2.88. The average Bonchev–Trinajstić information content (AvgIpc) is 3.26. The lowest BCUT2D eigenvalue weighted by atomic mass is 10.1. The summed E-state index contributed by atoms with van der Waals surface area (Å²) in [6, 6.07) is 15.9. The van der Waals surface area contributed by atoms with Gasteiger partial charge in [-0.3, -0.25) is 9.97 Å². The number of furan rings is 2. The van der Waals surface area contributed by atoms with E-state index in [1.54, 1.807) is 24.8 Å². The van der Waals surface area contributed by atoms with Crippen molar-refractivity contribution >= 4 is 21.9 Å². The van der Waals surface area contributed by atoms with Crippen LogP contribution in [0.2, 0.25) is 0 Å². The lowest BCUT2D eigenvalue weighted by molar-refractivity contribution is 0.629. The van der Waals surface area contributed by atoms with Crippen LogP contribution in [0.4, 0.5) is 0 Å². The predicted molar refractivity (Wildman–Crippen MR) is 92.4 cm³/mol. The van der Waals surface area contributed by atoms with Gasteiger partial charge >= 0.3 is 0 Å². The highest BCUT2D eigenvalue weighted by Gasteiger charge is 2.10. The molecule has 0 aliphatic heterocycles. The SMILES string of the molecule is c1cc(-c2cc3cnccc3o2)cc(-c2cc3cnccc3o2)c1. The van der Waals surface area contributed by atoms with Crippen LogP contribution in [-0.2, 0) is 0 Å². The van der Waals surface area contributed by atoms with E-state index in [0.717, 1.165) is 44.6 Å². The number of pyridine rings is 2. The van der Waals surface area contributed by atoms with Crippen LogP contribution in [0, 0.1) is 0 Å². The van der Waals surface area contributed by atoms with Gasteiger partial charge in [0.05, 0.1) is 0 Å². The first-order valence-corrected chi connectivity index (χ1v) is 7.65. The molecule has 24 heavy (non-hydrogen) atoms. The highest BCUT2D eigenvalue weighted by atomic mass is 16.3. The van der Waals surface area contributed by atoms with Gasteiger partial charge < -0.3 is 8.83 Å². The fraction of sp³-hybridized carbons (Fsp3) is 0. The Balaban J connectivity index is 1.62. The summed E-state index contributed by atoms with van der Waals surface area (Å²) in [6.45, 7) is 0. The number of fused-ring (bicyclic) bond motifs is 2. The molecule has 0 amide bonds. The summed E-state index contributed by atoms with van der Waals surface area (Å²) in [6.07, 6.45) is 7.07. The van der Waals surface area contributed by atoms with E-state index in [2.05, 4.69) is 16.0 Å².